The van der Waals surface area contributed by atoms with Crippen LogP contribution in [0.3, 0.4) is 0 Å². The maximum atomic E-state index is 4.57. The van der Waals surface area contributed by atoms with Gasteiger partial charge in [-0.15, -0.1) is 0 Å². The summed E-state index contributed by atoms with van der Waals surface area (Å²) in [6.45, 7) is 4.61. The number of aromatic nitrogens is 2. The smallest absolute Gasteiger partial charge is 0.112 e. The summed E-state index contributed by atoms with van der Waals surface area (Å²) in [5, 5.41) is 0. The van der Waals surface area contributed by atoms with Gasteiger partial charge in [-0.2, -0.15) is 0 Å². The lowest BCUT2D eigenvalue weighted by Gasteiger charge is -2.41. The molecule has 2 atom stereocenters. The minimum absolute atomic E-state index is 0.569. The van der Waals surface area contributed by atoms with Crippen LogP contribution in [0.2, 0.25) is 0 Å². The summed E-state index contributed by atoms with van der Waals surface area (Å²) in [5.74, 6) is 0. The molecule has 3 nitrogen and oxygen atoms in total. The first-order valence-corrected chi connectivity index (χ1v) is 7.64. The van der Waals surface area contributed by atoms with Crippen molar-refractivity contribution in [3.05, 3.63) is 29.0 Å². The summed E-state index contributed by atoms with van der Waals surface area (Å²) >= 11 is 3.46. The maximum Gasteiger partial charge on any atom is 0.112 e. The molecular formula is C15H18BrN3. The Morgan fingerprint density at radius 1 is 1.21 bits per heavy atom. The number of halogens is 1. The molecule has 0 radical (unpaired) electrons. The molecule has 0 unspecified atom stereocenters. The average Bonchev–Trinajstić information content (AvgIpc) is 2.38. The summed E-state index contributed by atoms with van der Waals surface area (Å²) in [5.41, 5.74) is 3.18. The van der Waals surface area contributed by atoms with Crippen LogP contribution in [0.5, 0.6) is 0 Å². The van der Waals surface area contributed by atoms with E-state index >= 15 is 0 Å². The fourth-order valence-corrected chi connectivity index (χ4v) is 3.42. The molecule has 19 heavy (non-hydrogen) atoms. The van der Waals surface area contributed by atoms with Crippen LogP contribution in [-0.4, -0.2) is 22.1 Å². The van der Waals surface area contributed by atoms with Crippen LogP contribution in [0.1, 0.15) is 33.1 Å². The Morgan fingerprint density at radius 3 is 2.68 bits per heavy atom. The van der Waals surface area contributed by atoms with Gasteiger partial charge in [-0.05, 0) is 61.2 Å². The van der Waals surface area contributed by atoms with Crippen LogP contribution in [-0.2, 0) is 0 Å². The number of pyridine rings is 2. The molecule has 0 amide bonds. The van der Waals surface area contributed by atoms with E-state index in [0.717, 1.165) is 15.5 Å². The molecule has 0 spiro atoms. The molecule has 2 aromatic heterocycles. The number of fused-ring (bicyclic) bond motifs is 1. The molecule has 0 saturated carbocycles. The molecule has 4 heteroatoms. The van der Waals surface area contributed by atoms with E-state index in [-0.39, 0.29) is 0 Å². The lowest BCUT2D eigenvalue weighted by atomic mass is 9.96. The lowest BCUT2D eigenvalue weighted by molar-refractivity contribution is 0.415. The first-order valence-electron chi connectivity index (χ1n) is 6.85. The van der Waals surface area contributed by atoms with E-state index < -0.39 is 0 Å². The second kappa shape index (κ2) is 5.08. The Bertz CT molecular complexity index is 589. The zero-order chi connectivity index (χ0) is 13.4. The molecule has 0 aromatic carbocycles. The predicted molar refractivity (Wildman–Crippen MR) is 82.5 cm³/mol. The molecular weight excluding hydrogens is 302 g/mol. The van der Waals surface area contributed by atoms with Crippen LogP contribution in [0, 0.1) is 0 Å². The van der Waals surface area contributed by atoms with Gasteiger partial charge in [0.25, 0.3) is 0 Å². The fourth-order valence-electron chi connectivity index (χ4n) is 3.10. The van der Waals surface area contributed by atoms with Crippen molar-refractivity contribution >= 4 is 32.7 Å². The normalized spacial score (nSPS) is 23.8. The Hall–Kier alpha value is -1.16. The second-order valence-corrected chi connectivity index (χ2v) is 6.30. The molecule has 1 aliphatic rings. The summed E-state index contributed by atoms with van der Waals surface area (Å²) in [6.07, 6.45) is 7.57. The fraction of sp³-hybridized carbons (Fsp3) is 0.467. The van der Waals surface area contributed by atoms with Gasteiger partial charge in [-0.1, -0.05) is 0 Å². The Labute approximate surface area is 122 Å². The Balaban J connectivity index is 2.13. The molecule has 1 saturated heterocycles. The molecule has 1 aliphatic heterocycles. The Kier molecular flexibility index (Phi) is 3.44. The zero-order valence-electron chi connectivity index (χ0n) is 11.3. The topological polar surface area (TPSA) is 29.0 Å². The summed E-state index contributed by atoms with van der Waals surface area (Å²) in [4.78, 5) is 11.5. The minimum Gasteiger partial charge on any atom is -0.364 e. The van der Waals surface area contributed by atoms with Crippen LogP contribution >= 0.6 is 15.9 Å². The van der Waals surface area contributed by atoms with Crippen molar-refractivity contribution in [1.29, 1.82) is 0 Å². The van der Waals surface area contributed by atoms with Crippen LogP contribution in [0.25, 0.3) is 11.0 Å². The van der Waals surface area contributed by atoms with Crippen molar-refractivity contribution in [2.24, 2.45) is 0 Å². The van der Waals surface area contributed by atoms with E-state index in [1.165, 1.54) is 24.9 Å². The molecule has 2 aromatic rings. The van der Waals surface area contributed by atoms with E-state index in [9.17, 15) is 0 Å². The third-order valence-corrected chi connectivity index (χ3v) is 4.43. The van der Waals surface area contributed by atoms with Gasteiger partial charge in [0, 0.05) is 29.0 Å². The van der Waals surface area contributed by atoms with Crippen molar-refractivity contribution in [1.82, 2.24) is 9.97 Å². The van der Waals surface area contributed by atoms with E-state index in [1.54, 1.807) is 0 Å². The number of piperidine rings is 1. The molecule has 3 rings (SSSR count). The maximum absolute atomic E-state index is 4.57. The highest BCUT2D eigenvalue weighted by Crippen LogP contribution is 2.33. The Morgan fingerprint density at radius 2 is 1.95 bits per heavy atom. The summed E-state index contributed by atoms with van der Waals surface area (Å²) in [6, 6.07) is 5.27. The number of hydrogen-bond acceptors (Lipinski definition) is 3. The van der Waals surface area contributed by atoms with Gasteiger partial charge in [-0.3, -0.25) is 9.97 Å². The zero-order valence-corrected chi connectivity index (χ0v) is 12.9. The van der Waals surface area contributed by atoms with Crippen LogP contribution < -0.4 is 4.90 Å². The summed E-state index contributed by atoms with van der Waals surface area (Å²) in [7, 11) is 0. The third-order valence-electron chi connectivity index (χ3n) is 3.99. The highest BCUT2D eigenvalue weighted by Gasteiger charge is 2.26. The number of anilines is 1. The van der Waals surface area contributed by atoms with Gasteiger partial charge in [0.05, 0.1) is 11.2 Å². The highest BCUT2D eigenvalue weighted by atomic mass is 79.9. The van der Waals surface area contributed by atoms with Crippen molar-refractivity contribution in [2.75, 3.05) is 4.90 Å². The highest BCUT2D eigenvalue weighted by molar-refractivity contribution is 9.10. The van der Waals surface area contributed by atoms with Gasteiger partial charge in [0.15, 0.2) is 0 Å². The SMILES string of the molecule is C[C@@H]1CCC[C@H](C)N1c1ccnc2cc(Br)cnc12. The first kappa shape index (κ1) is 12.9. The number of hydrogen-bond donors (Lipinski definition) is 0. The molecule has 0 N–H and O–H groups in total. The van der Waals surface area contributed by atoms with Gasteiger partial charge < -0.3 is 4.90 Å². The van der Waals surface area contributed by atoms with Crippen molar-refractivity contribution in [3.63, 3.8) is 0 Å². The monoisotopic (exact) mass is 319 g/mol. The molecule has 0 bridgehead atoms. The van der Waals surface area contributed by atoms with Gasteiger partial charge in [0.2, 0.25) is 0 Å². The molecule has 3 heterocycles. The third kappa shape index (κ3) is 2.34. The van der Waals surface area contributed by atoms with Crippen molar-refractivity contribution < 1.29 is 0 Å². The average molecular weight is 320 g/mol. The lowest BCUT2D eigenvalue weighted by Crippen LogP contribution is -2.44. The quantitative estimate of drug-likeness (QED) is 0.790. The van der Waals surface area contributed by atoms with Crippen LogP contribution in [0.4, 0.5) is 5.69 Å². The van der Waals surface area contributed by atoms with E-state index in [4.69, 9.17) is 0 Å². The minimum atomic E-state index is 0.569. The van der Waals surface area contributed by atoms with Crippen molar-refractivity contribution in [3.8, 4) is 0 Å². The number of nitrogens with zero attached hydrogens (tertiary/aromatic N) is 3. The van der Waals surface area contributed by atoms with E-state index in [0.29, 0.717) is 12.1 Å². The molecule has 0 aliphatic carbocycles. The second-order valence-electron chi connectivity index (χ2n) is 5.39. The number of rotatable bonds is 1. The van der Waals surface area contributed by atoms with E-state index in [2.05, 4.69) is 50.7 Å². The van der Waals surface area contributed by atoms with Gasteiger partial charge >= 0.3 is 0 Å². The molecule has 100 valence electrons. The standard InChI is InChI=1S/C15H18BrN3/c1-10-4-3-5-11(2)19(10)14-6-7-17-13-8-12(16)9-18-15(13)14/h6-11H,3-5H2,1-2H3/t10-,11+. The van der Waals surface area contributed by atoms with E-state index in [1.807, 2.05) is 18.5 Å². The van der Waals surface area contributed by atoms with Gasteiger partial charge in [-0.25, -0.2) is 0 Å². The van der Waals surface area contributed by atoms with Crippen LogP contribution in [0.15, 0.2) is 29.0 Å². The largest absolute Gasteiger partial charge is 0.364 e. The van der Waals surface area contributed by atoms with Crippen molar-refractivity contribution in [2.45, 2.75) is 45.2 Å². The first-order chi connectivity index (χ1) is 9.16. The summed E-state index contributed by atoms with van der Waals surface area (Å²) < 4.78 is 0.976. The van der Waals surface area contributed by atoms with Gasteiger partial charge in [0.1, 0.15) is 5.52 Å². The molecule has 1 fully saturated rings. The predicted octanol–water partition coefficient (Wildman–Crippen LogP) is 4.16.